The minimum absolute atomic E-state index is 0.236. The lowest BCUT2D eigenvalue weighted by Crippen LogP contribution is -2.04. The fraction of sp³-hybridized carbons (Fsp3) is 0.375. The number of hydrogen-bond acceptors (Lipinski definition) is 6. The first-order chi connectivity index (χ1) is 8.04. The Kier molecular flexibility index (Phi) is 3.60. The summed E-state index contributed by atoms with van der Waals surface area (Å²) in [6.07, 6.45) is 3.40. The van der Waals surface area contributed by atoms with Crippen molar-refractivity contribution in [3.8, 4) is 0 Å². The van der Waals surface area contributed by atoms with Crippen molar-refractivity contribution in [2.45, 2.75) is 11.6 Å². The quantitative estimate of drug-likeness (QED) is 0.469. The van der Waals surface area contributed by atoms with Crippen molar-refractivity contribution in [2.75, 3.05) is 11.5 Å². The molecule has 0 fully saturated rings. The van der Waals surface area contributed by atoms with Crippen LogP contribution in [0.15, 0.2) is 17.7 Å². The highest BCUT2D eigenvalue weighted by Gasteiger charge is 2.06. The molecule has 0 saturated carbocycles. The second-order valence-electron chi connectivity index (χ2n) is 3.29. The fourth-order valence-electron chi connectivity index (χ4n) is 1.22. The van der Waals surface area contributed by atoms with E-state index in [1.807, 2.05) is 0 Å². The molecule has 2 rings (SSSR count). The van der Waals surface area contributed by atoms with Gasteiger partial charge in [0, 0.05) is 5.75 Å². The van der Waals surface area contributed by atoms with Gasteiger partial charge in [-0.15, -0.1) is 0 Å². The van der Waals surface area contributed by atoms with E-state index in [-0.39, 0.29) is 5.75 Å². The number of fused-ring (bicyclic) bond motifs is 1. The van der Waals surface area contributed by atoms with Crippen LogP contribution in [-0.4, -0.2) is 44.4 Å². The Balaban J connectivity index is 1.91. The molecule has 2 N–H and O–H groups in total. The van der Waals surface area contributed by atoms with Crippen LogP contribution in [0.4, 0.5) is 0 Å². The topological polar surface area (TPSA) is 109 Å². The normalized spacial score (nSPS) is 12.1. The van der Waals surface area contributed by atoms with Gasteiger partial charge < -0.3 is 4.98 Å². The largest absolute Gasteiger partial charge is 0.330 e. The second-order valence-corrected chi connectivity index (χ2v) is 5.95. The number of nitrogens with zero attached hydrogens (tertiary/aromatic N) is 3. The van der Waals surface area contributed by atoms with Crippen LogP contribution < -0.4 is 0 Å². The van der Waals surface area contributed by atoms with Crippen molar-refractivity contribution in [3.05, 3.63) is 12.5 Å². The van der Waals surface area contributed by atoms with Crippen LogP contribution in [0.3, 0.4) is 0 Å². The lowest BCUT2D eigenvalue weighted by atomic mass is 10.6. The molecule has 2 heterocycles. The van der Waals surface area contributed by atoms with Gasteiger partial charge >= 0.3 is 0 Å². The van der Waals surface area contributed by atoms with Gasteiger partial charge in [0.15, 0.2) is 10.8 Å². The van der Waals surface area contributed by atoms with Crippen molar-refractivity contribution in [1.29, 1.82) is 0 Å². The summed E-state index contributed by atoms with van der Waals surface area (Å²) in [6, 6.07) is 0. The van der Waals surface area contributed by atoms with Gasteiger partial charge in [0.1, 0.15) is 11.8 Å². The number of thioether (sulfide) groups is 1. The Bertz CT molecular complexity index is 577. The molecule has 0 radical (unpaired) electrons. The number of rotatable bonds is 5. The van der Waals surface area contributed by atoms with Crippen molar-refractivity contribution in [1.82, 2.24) is 19.9 Å². The average molecular weight is 274 g/mol. The molecule has 0 bridgehead atoms. The van der Waals surface area contributed by atoms with Gasteiger partial charge in [0.2, 0.25) is 0 Å². The first kappa shape index (κ1) is 12.3. The Morgan fingerprint density at radius 3 is 3.00 bits per heavy atom. The molecule has 0 spiro atoms. The highest BCUT2D eigenvalue weighted by molar-refractivity contribution is 7.99. The van der Waals surface area contributed by atoms with E-state index in [2.05, 4.69) is 19.9 Å². The van der Waals surface area contributed by atoms with Crippen LogP contribution in [0.2, 0.25) is 0 Å². The van der Waals surface area contributed by atoms with E-state index in [1.54, 1.807) is 6.20 Å². The minimum Gasteiger partial charge on any atom is -0.330 e. The predicted molar refractivity (Wildman–Crippen MR) is 63.4 cm³/mol. The summed E-state index contributed by atoms with van der Waals surface area (Å²) >= 11 is 1.38. The third-order valence-corrected chi connectivity index (χ3v) is 3.69. The summed E-state index contributed by atoms with van der Waals surface area (Å²) in [5, 5.41) is 0.663. The molecule has 0 amide bonds. The molecule has 2 aromatic rings. The van der Waals surface area contributed by atoms with Gasteiger partial charge in [-0.2, -0.15) is 8.42 Å². The number of aromatic nitrogens is 4. The molecule has 0 saturated heterocycles. The van der Waals surface area contributed by atoms with Crippen molar-refractivity contribution in [2.24, 2.45) is 0 Å². The monoisotopic (exact) mass is 274 g/mol. The first-order valence-electron chi connectivity index (χ1n) is 4.78. The highest BCUT2D eigenvalue weighted by Crippen LogP contribution is 2.18. The van der Waals surface area contributed by atoms with Crippen LogP contribution in [-0.2, 0) is 10.1 Å². The van der Waals surface area contributed by atoms with Crippen LogP contribution in [0.1, 0.15) is 6.42 Å². The average Bonchev–Trinajstić information content (AvgIpc) is 2.65. The van der Waals surface area contributed by atoms with Gasteiger partial charge in [0.05, 0.1) is 11.9 Å². The van der Waals surface area contributed by atoms with Crippen molar-refractivity contribution < 1.29 is 13.0 Å². The Labute approximate surface area is 102 Å². The van der Waals surface area contributed by atoms with E-state index in [1.165, 1.54) is 18.1 Å². The van der Waals surface area contributed by atoms with E-state index in [0.717, 1.165) is 5.52 Å². The first-order valence-corrected chi connectivity index (χ1v) is 7.38. The summed E-state index contributed by atoms with van der Waals surface area (Å²) in [7, 11) is -3.87. The van der Waals surface area contributed by atoms with Crippen LogP contribution in [0.5, 0.6) is 0 Å². The maximum Gasteiger partial charge on any atom is 0.264 e. The SMILES string of the molecule is O=S(=O)(O)CCCSc1nc2ncncc2[nH]1. The number of imidazole rings is 1. The molecule has 0 aromatic carbocycles. The van der Waals surface area contributed by atoms with Gasteiger partial charge in [-0.05, 0) is 6.42 Å². The Morgan fingerprint density at radius 2 is 2.29 bits per heavy atom. The van der Waals surface area contributed by atoms with Crippen molar-refractivity contribution in [3.63, 3.8) is 0 Å². The summed E-state index contributed by atoms with van der Waals surface area (Å²) in [6.45, 7) is 0. The fourth-order valence-corrected chi connectivity index (χ4v) is 2.73. The molecule has 7 nitrogen and oxygen atoms in total. The molecule has 0 aliphatic carbocycles. The molecule has 0 aliphatic rings. The third-order valence-electron chi connectivity index (χ3n) is 1.93. The minimum atomic E-state index is -3.87. The van der Waals surface area contributed by atoms with Gasteiger partial charge in [-0.25, -0.2) is 15.0 Å². The molecule has 9 heteroatoms. The molecule has 0 atom stereocenters. The van der Waals surface area contributed by atoms with E-state index in [4.69, 9.17) is 4.55 Å². The van der Waals surface area contributed by atoms with Crippen LogP contribution in [0, 0.1) is 0 Å². The van der Waals surface area contributed by atoms with E-state index in [0.29, 0.717) is 23.0 Å². The standard InChI is InChI=1S/C8H10N4O3S2/c13-17(14,15)3-1-2-16-8-11-6-4-9-5-10-7(6)12-8/h4-5H,1-3H2,(H,13,14,15)(H,9,10,11,12). The lowest BCUT2D eigenvalue weighted by molar-refractivity contribution is 0.482. The van der Waals surface area contributed by atoms with E-state index in [9.17, 15) is 8.42 Å². The smallest absolute Gasteiger partial charge is 0.264 e. The summed E-state index contributed by atoms with van der Waals surface area (Å²) in [5.74, 6) is 0.313. The number of hydrogen-bond donors (Lipinski definition) is 2. The maximum atomic E-state index is 10.5. The molecule has 92 valence electrons. The molecule has 0 unspecified atom stereocenters. The maximum absolute atomic E-state index is 10.5. The van der Waals surface area contributed by atoms with Gasteiger partial charge in [-0.3, -0.25) is 4.55 Å². The van der Waals surface area contributed by atoms with Crippen molar-refractivity contribution >= 4 is 33.0 Å². The number of aromatic amines is 1. The lowest BCUT2D eigenvalue weighted by Gasteiger charge is -1.96. The zero-order valence-corrected chi connectivity index (χ0v) is 10.3. The van der Waals surface area contributed by atoms with Gasteiger partial charge in [-0.1, -0.05) is 11.8 Å². The van der Waals surface area contributed by atoms with E-state index >= 15 is 0 Å². The van der Waals surface area contributed by atoms with Gasteiger partial charge in [0.25, 0.3) is 10.1 Å². The predicted octanol–water partition coefficient (Wildman–Crippen LogP) is 0.723. The molecule has 17 heavy (non-hydrogen) atoms. The van der Waals surface area contributed by atoms with Crippen LogP contribution >= 0.6 is 11.8 Å². The summed E-state index contributed by atoms with van der Waals surface area (Å²) < 4.78 is 29.5. The zero-order chi connectivity index (χ0) is 12.3. The Hall–Kier alpha value is -1.19. The third kappa shape index (κ3) is 3.65. The molecule has 0 aliphatic heterocycles. The molecule has 2 aromatic heterocycles. The summed E-state index contributed by atoms with van der Waals surface area (Å²) in [5.41, 5.74) is 1.32. The highest BCUT2D eigenvalue weighted by atomic mass is 32.2. The zero-order valence-electron chi connectivity index (χ0n) is 8.70. The van der Waals surface area contributed by atoms with Crippen LogP contribution in [0.25, 0.3) is 11.2 Å². The Morgan fingerprint density at radius 1 is 1.47 bits per heavy atom. The number of nitrogens with one attached hydrogen (secondary N) is 1. The molecular weight excluding hydrogens is 264 g/mol. The van der Waals surface area contributed by atoms with E-state index < -0.39 is 10.1 Å². The molecular formula is C8H10N4O3S2. The number of H-pyrrole nitrogens is 1. The second kappa shape index (κ2) is 4.98. The summed E-state index contributed by atoms with van der Waals surface area (Å²) in [4.78, 5) is 15.0.